The van der Waals surface area contributed by atoms with Crippen LogP contribution in [-0.2, 0) is 11.3 Å². The number of ether oxygens (including phenoxy) is 2. The van der Waals surface area contributed by atoms with E-state index in [1.54, 1.807) is 0 Å². The smallest absolute Gasteiger partial charge is 0.213 e. The van der Waals surface area contributed by atoms with Crippen LogP contribution in [0.4, 0.5) is 0 Å². The Balaban J connectivity index is 1.80. The SMILES string of the molecule is CC(C)NCc1ccnc(OCC2CCOCC2)c1. The number of hydrogen-bond donors (Lipinski definition) is 1. The van der Waals surface area contributed by atoms with E-state index in [1.807, 2.05) is 18.3 Å². The zero-order valence-corrected chi connectivity index (χ0v) is 11.9. The van der Waals surface area contributed by atoms with Gasteiger partial charge in [-0.3, -0.25) is 0 Å². The van der Waals surface area contributed by atoms with Gasteiger partial charge in [-0.15, -0.1) is 0 Å². The van der Waals surface area contributed by atoms with Crippen LogP contribution in [0.15, 0.2) is 18.3 Å². The third kappa shape index (κ3) is 5.17. The van der Waals surface area contributed by atoms with E-state index >= 15 is 0 Å². The molecular formula is C15H24N2O2. The molecule has 4 nitrogen and oxygen atoms in total. The van der Waals surface area contributed by atoms with Crippen LogP contribution in [0.2, 0.25) is 0 Å². The molecule has 4 heteroatoms. The summed E-state index contributed by atoms with van der Waals surface area (Å²) >= 11 is 0. The summed E-state index contributed by atoms with van der Waals surface area (Å²) in [5, 5.41) is 3.39. The predicted molar refractivity (Wildman–Crippen MR) is 75.3 cm³/mol. The van der Waals surface area contributed by atoms with Gasteiger partial charge in [-0.25, -0.2) is 4.98 Å². The van der Waals surface area contributed by atoms with Gasteiger partial charge in [0.25, 0.3) is 0 Å². The number of nitrogens with one attached hydrogen (secondary N) is 1. The van der Waals surface area contributed by atoms with Gasteiger partial charge < -0.3 is 14.8 Å². The molecule has 19 heavy (non-hydrogen) atoms. The molecule has 1 fully saturated rings. The lowest BCUT2D eigenvalue weighted by Gasteiger charge is -2.21. The molecule has 2 rings (SSSR count). The molecule has 0 bridgehead atoms. The van der Waals surface area contributed by atoms with Crippen molar-refractivity contribution in [1.29, 1.82) is 0 Å². The van der Waals surface area contributed by atoms with Crippen molar-refractivity contribution in [3.05, 3.63) is 23.9 Å². The first-order chi connectivity index (χ1) is 9.24. The van der Waals surface area contributed by atoms with Crippen LogP contribution in [0.5, 0.6) is 5.88 Å². The minimum atomic E-state index is 0.486. The van der Waals surface area contributed by atoms with Crippen molar-refractivity contribution in [1.82, 2.24) is 10.3 Å². The summed E-state index contributed by atoms with van der Waals surface area (Å²) in [4.78, 5) is 4.27. The van der Waals surface area contributed by atoms with Crippen molar-refractivity contribution in [3.63, 3.8) is 0 Å². The summed E-state index contributed by atoms with van der Waals surface area (Å²) in [5.41, 5.74) is 1.21. The van der Waals surface area contributed by atoms with Crippen molar-refractivity contribution in [2.24, 2.45) is 5.92 Å². The fraction of sp³-hybridized carbons (Fsp3) is 0.667. The monoisotopic (exact) mass is 264 g/mol. The Morgan fingerprint density at radius 1 is 1.42 bits per heavy atom. The average Bonchev–Trinajstić information content (AvgIpc) is 2.44. The van der Waals surface area contributed by atoms with Gasteiger partial charge in [0, 0.05) is 38.1 Å². The Labute approximate surface area is 115 Å². The molecule has 0 atom stereocenters. The molecule has 1 N–H and O–H groups in total. The molecule has 0 saturated carbocycles. The Morgan fingerprint density at radius 3 is 2.95 bits per heavy atom. The second-order valence-electron chi connectivity index (χ2n) is 5.40. The first-order valence-electron chi connectivity index (χ1n) is 7.13. The Bertz CT molecular complexity index is 376. The molecule has 0 unspecified atom stereocenters. The lowest BCUT2D eigenvalue weighted by atomic mass is 10.0. The van der Waals surface area contributed by atoms with Gasteiger partial charge in [0.05, 0.1) is 6.61 Å². The third-order valence-corrected chi connectivity index (χ3v) is 3.32. The highest BCUT2D eigenvalue weighted by atomic mass is 16.5. The van der Waals surface area contributed by atoms with E-state index in [-0.39, 0.29) is 0 Å². The van der Waals surface area contributed by atoms with Crippen molar-refractivity contribution < 1.29 is 9.47 Å². The highest BCUT2D eigenvalue weighted by Crippen LogP contribution is 2.17. The Kier molecular flexibility index (Phi) is 5.61. The van der Waals surface area contributed by atoms with Crippen molar-refractivity contribution >= 4 is 0 Å². The molecule has 1 aliphatic rings. The van der Waals surface area contributed by atoms with E-state index < -0.39 is 0 Å². The molecule has 0 aliphatic carbocycles. The maximum atomic E-state index is 5.80. The van der Waals surface area contributed by atoms with Gasteiger partial charge in [0.15, 0.2) is 0 Å². The predicted octanol–water partition coefficient (Wildman–Crippen LogP) is 2.39. The van der Waals surface area contributed by atoms with Crippen molar-refractivity contribution in [2.75, 3.05) is 19.8 Å². The number of pyridine rings is 1. The van der Waals surface area contributed by atoms with Gasteiger partial charge in [0.2, 0.25) is 5.88 Å². The van der Waals surface area contributed by atoms with E-state index in [0.717, 1.165) is 45.1 Å². The maximum Gasteiger partial charge on any atom is 0.213 e. The quantitative estimate of drug-likeness (QED) is 0.856. The number of rotatable bonds is 6. The van der Waals surface area contributed by atoms with Crippen LogP contribution in [0.3, 0.4) is 0 Å². The second kappa shape index (κ2) is 7.46. The van der Waals surface area contributed by atoms with E-state index in [1.165, 1.54) is 5.56 Å². The zero-order valence-electron chi connectivity index (χ0n) is 11.9. The van der Waals surface area contributed by atoms with Gasteiger partial charge in [-0.1, -0.05) is 13.8 Å². The molecule has 0 radical (unpaired) electrons. The standard InChI is InChI=1S/C15H24N2O2/c1-12(2)17-10-14-3-6-16-15(9-14)19-11-13-4-7-18-8-5-13/h3,6,9,12-13,17H,4-5,7-8,10-11H2,1-2H3. The number of aromatic nitrogens is 1. The summed E-state index contributed by atoms with van der Waals surface area (Å²) in [6, 6.07) is 4.53. The van der Waals surface area contributed by atoms with Crippen molar-refractivity contribution in [2.45, 2.75) is 39.3 Å². The normalized spacial score (nSPS) is 16.8. The van der Waals surface area contributed by atoms with Crippen LogP contribution >= 0.6 is 0 Å². The van der Waals surface area contributed by atoms with Gasteiger partial charge in [0.1, 0.15) is 0 Å². The molecule has 0 spiro atoms. The van der Waals surface area contributed by atoms with E-state index in [9.17, 15) is 0 Å². The highest BCUT2D eigenvalue weighted by Gasteiger charge is 2.14. The first-order valence-corrected chi connectivity index (χ1v) is 7.13. The average molecular weight is 264 g/mol. The summed E-state index contributed by atoms with van der Waals surface area (Å²) in [7, 11) is 0. The second-order valence-corrected chi connectivity index (χ2v) is 5.40. The van der Waals surface area contributed by atoms with Crippen LogP contribution < -0.4 is 10.1 Å². The van der Waals surface area contributed by atoms with Crippen LogP contribution in [0.1, 0.15) is 32.3 Å². The van der Waals surface area contributed by atoms with Gasteiger partial charge >= 0.3 is 0 Å². The topological polar surface area (TPSA) is 43.4 Å². The lowest BCUT2D eigenvalue weighted by Crippen LogP contribution is -2.22. The molecule has 106 valence electrons. The van der Waals surface area contributed by atoms with Crippen molar-refractivity contribution in [3.8, 4) is 5.88 Å². The molecule has 2 heterocycles. The molecule has 0 amide bonds. The van der Waals surface area contributed by atoms with Gasteiger partial charge in [-0.05, 0) is 30.4 Å². The molecule has 0 aromatic carbocycles. The fourth-order valence-corrected chi connectivity index (χ4v) is 2.08. The fourth-order valence-electron chi connectivity index (χ4n) is 2.08. The maximum absolute atomic E-state index is 5.80. The first kappa shape index (κ1) is 14.3. The van der Waals surface area contributed by atoms with E-state index in [4.69, 9.17) is 9.47 Å². The highest BCUT2D eigenvalue weighted by molar-refractivity contribution is 5.20. The summed E-state index contributed by atoms with van der Waals surface area (Å²) < 4.78 is 11.1. The number of nitrogens with zero attached hydrogens (tertiary/aromatic N) is 1. The molecule has 1 saturated heterocycles. The minimum absolute atomic E-state index is 0.486. The molecule has 1 aromatic heterocycles. The summed E-state index contributed by atoms with van der Waals surface area (Å²) in [6.07, 6.45) is 4.00. The summed E-state index contributed by atoms with van der Waals surface area (Å²) in [5.74, 6) is 1.34. The largest absolute Gasteiger partial charge is 0.477 e. The molecular weight excluding hydrogens is 240 g/mol. The summed E-state index contributed by atoms with van der Waals surface area (Å²) in [6.45, 7) is 7.61. The van der Waals surface area contributed by atoms with Crippen LogP contribution in [0, 0.1) is 5.92 Å². The third-order valence-electron chi connectivity index (χ3n) is 3.32. The Hall–Kier alpha value is -1.13. The van der Waals surface area contributed by atoms with Gasteiger partial charge in [-0.2, -0.15) is 0 Å². The minimum Gasteiger partial charge on any atom is -0.477 e. The van der Waals surface area contributed by atoms with E-state index in [2.05, 4.69) is 24.1 Å². The lowest BCUT2D eigenvalue weighted by molar-refractivity contribution is 0.0490. The van der Waals surface area contributed by atoms with Crippen LogP contribution in [0.25, 0.3) is 0 Å². The number of hydrogen-bond acceptors (Lipinski definition) is 4. The zero-order chi connectivity index (χ0) is 13.5. The molecule has 1 aliphatic heterocycles. The molecule has 1 aromatic rings. The van der Waals surface area contributed by atoms with Crippen LogP contribution in [-0.4, -0.2) is 30.8 Å². The Morgan fingerprint density at radius 2 is 2.21 bits per heavy atom. The van der Waals surface area contributed by atoms with E-state index in [0.29, 0.717) is 12.0 Å².